The smallest absolute Gasteiger partial charge is 0.332 e. The first kappa shape index (κ1) is 17.6. The van der Waals surface area contributed by atoms with E-state index >= 15 is 0 Å². The van der Waals surface area contributed by atoms with Crippen LogP contribution in [0.5, 0.6) is 5.75 Å². The Morgan fingerprint density at radius 1 is 1.15 bits per heavy atom. The average Bonchev–Trinajstić information content (AvgIpc) is 3.16. The Labute approximate surface area is 160 Å². The van der Waals surface area contributed by atoms with Crippen LogP contribution >= 0.6 is 11.8 Å². The maximum Gasteiger partial charge on any atom is 0.332 e. The summed E-state index contributed by atoms with van der Waals surface area (Å²) in [5, 5.41) is 1.45. The number of halogens is 1. The van der Waals surface area contributed by atoms with Gasteiger partial charge in [-0.25, -0.2) is 14.1 Å². The standard InChI is InChI=1S/C20H17FN2O3S/c1-26-17-8-7-13(11-15(17)21)12-22-16-9-10-27-18(16)19(24)23(20(22)25)14-5-3-2-4-6-14/h2-11,16,18H,12H2,1H3. The van der Waals surface area contributed by atoms with Crippen LogP contribution in [0, 0.1) is 5.82 Å². The maximum atomic E-state index is 14.1. The van der Waals surface area contributed by atoms with Crippen LogP contribution in [0.25, 0.3) is 0 Å². The summed E-state index contributed by atoms with van der Waals surface area (Å²) in [6.07, 6.45) is 1.85. The third-order valence-corrected chi connectivity index (χ3v) is 5.74. The quantitative estimate of drug-likeness (QED) is 0.805. The van der Waals surface area contributed by atoms with Gasteiger partial charge in [0.25, 0.3) is 5.91 Å². The highest BCUT2D eigenvalue weighted by Gasteiger charge is 2.47. The van der Waals surface area contributed by atoms with Crippen LogP contribution < -0.4 is 9.64 Å². The normalized spacial score (nSPS) is 21.6. The molecule has 2 heterocycles. The highest BCUT2D eigenvalue weighted by molar-refractivity contribution is 8.03. The number of hydrogen-bond donors (Lipinski definition) is 0. The zero-order chi connectivity index (χ0) is 19.0. The number of methoxy groups -OCH3 is 1. The molecule has 0 spiro atoms. The molecule has 5 nitrogen and oxygen atoms in total. The molecule has 2 aliphatic rings. The van der Waals surface area contributed by atoms with Crippen molar-refractivity contribution >= 4 is 29.4 Å². The van der Waals surface area contributed by atoms with Gasteiger partial charge in [-0.1, -0.05) is 30.3 Å². The summed E-state index contributed by atoms with van der Waals surface area (Å²) >= 11 is 1.40. The van der Waals surface area contributed by atoms with Gasteiger partial charge < -0.3 is 9.64 Å². The zero-order valence-corrected chi connectivity index (χ0v) is 15.4. The van der Waals surface area contributed by atoms with Crippen LogP contribution in [0.15, 0.2) is 60.0 Å². The molecule has 7 heteroatoms. The molecule has 2 atom stereocenters. The number of thioether (sulfide) groups is 1. The maximum absolute atomic E-state index is 14.1. The predicted octanol–water partition coefficient (Wildman–Crippen LogP) is 3.80. The lowest BCUT2D eigenvalue weighted by molar-refractivity contribution is -0.119. The number of fused-ring (bicyclic) bond motifs is 1. The lowest BCUT2D eigenvalue weighted by atomic mass is 10.1. The SMILES string of the molecule is COc1ccc(CN2C(=O)N(c3ccccc3)C(=O)C3SC=CC32)cc1F. The van der Waals surface area contributed by atoms with Gasteiger partial charge >= 0.3 is 6.03 Å². The van der Waals surface area contributed by atoms with Gasteiger partial charge in [-0.15, -0.1) is 11.8 Å². The molecular formula is C20H17FN2O3S. The zero-order valence-electron chi connectivity index (χ0n) is 14.5. The van der Waals surface area contributed by atoms with Crippen LogP contribution in [-0.2, 0) is 11.3 Å². The van der Waals surface area contributed by atoms with Gasteiger partial charge in [-0.3, -0.25) is 4.79 Å². The summed E-state index contributed by atoms with van der Waals surface area (Å²) in [7, 11) is 1.40. The molecule has 2 aromatic carbocycles. The van der Waals surface area contributed by atoms with E-state index in [1.165, 1.54) is 35.9 Å². The second kappa shape index (κ2) is 7.08. The Hall–Kier alpha value is -2.80. The molecule has 0 bridgehead atoms. The van der Waals surface area contributed by atoms with Gasteiger partial charge in [0.05, 0.1) is 18.8 Å². The number of imide groups is 1. The third kappa shape index (κ3) is 3.08. The molecule has 2 unspecified atom stereocenters. The Bertz CT molecular complexity index is 919. The van der Waals surface area contributed by atoms with Crippen molar-refractivity contribution in [3.8, 4) is 5.75 Å². The summed E-state index contributed by atoms with van der Waals surface area (Å²) < 4.78 is 19.0. The number of anilines is 1. The van der Waals surface area contributed by atoms with Gasteiger partial charge in [0.15, 0.2) is 11.6 Å². The van der Waals surface area contributed by atoms with Gasteiger partial charge in [0.1, 0.15) is 5.25 Å². The average molecular weight is 384 g/mol. The molecular weight excluding hydrogens is 367 g/mol. The van der Waals surface area contributed by atoms with Crippen molar-refractivity contribution in [1.29, 1.82) is 0 Å². The van der Waals surface area contributed by atoms with E-state index in [4.69, 9.17) is 4.74 Å². The highest BCUT2D eigenvalue weighted by atomic mass is 32.2. The Morgan fingerprint density at radius 3 is 2.63 bits per heavy atom. The summed E-state index contributed by atoms with van der Waals surface area (Å²) in [4.78, 5) is 28.9. The van der Waals surface area contributed by atoms with Crippen molar-refractivity contribution < 1.29 is 18.7 Å². The molecule has 27 heavy (non-hydrogen) atoms. The molecule has 1 fully saturated rings. The van der Waals surface area contributed by atoms with Crippen molar-refractivity contribution in [3.63, 3.8) is 0 Å². The number of ether oxygens (including phenoxy) is 1. The molecule has 2 aromatic rings. The molecule has 2 aliphatic heterocycles. The third-order valence-electron chi connectivity index (χ3n) is 4.66. The van der Waals surface area contributed by atoms with E-state index in [1.807, 2.05) is 17.6 Å². The molecule has 0 aromatic heterocycles. The fourth-order valence-electron chi connectivity index (χ4n) is 3.33. The number of benzene rings is 2. The molecule has 0 saturated carbocycles. The van der Waals surface area contributed by atoms with E-state index in [0.29, 0.717) is 11.3 Å². The van der Waals surface area contributed by atoms with E-state index < -0.39 is 17.1 Å². The number of rotatable bonds is 4. The van der Waals surface area contributed by atoms with Crippen LogP contribution in [0.4, 0.5) is 14.9 Å². The molecule has 0 radical (unpaired) electrons. The van der Waals surface area contributed by atoms with Gasteiger partial charge in [-0.2, -0.15) is 0 Å². The lowest BCUT2D eigenvalue weighted by Gasteiger charge is -2.41. The van der Waals surface area contributed by atoms with Crippen molar-refractivity contribution in [2.24, 2.45) is 0 Å². The van der Waals surface area contributed by atoms with E-state index in [2.05, 4.69) is 0 Å². The summed E-state index contributed by atoms with van der Waals surface area (Å²) in [5.41, 5.74) is 1.16. The Balaban J connectivity index is 1.68. The fraction of sp³-hybridized carbons (Fsp3) is 0.200. The van der Waals surface area contributed by atoms with Crippen LogP contribution in [0.2, 0.25) is 0 Å². The second-order valence-corrected chi connectivity index (χ2v) is 7.32. The predicted molar refractivity (Wildman–Crippen MR) is 102 cm³/mol. The number of urea groups is 1. The molecule has 3 amide bonds. The van der Waals surface area contributed by atoms with E-state index in [1.54, 1.807) is 35.2 Å². The Morgan fingerprint density at radius 2 is 1.93 bits per heavy atom. The van der Waals surface area contributed by atoms with Gasteiger partial charge in [0, 0.05) is 6.54 Å². The number of carbonyl (C=O) groups excluding carboxylic acids is 2. The van der Waals surface area contributed by atoms with E-state index in [9.17, 15) is 14.0 Å². The van der Waals surface area contributed by atoms with Crippen LogP contribution in [0.1, 0.15) is 5.56 Å². The van der Waals surface area contributed by atoms with Crippen molar-refractivity contribution in [1.82, 2.24) is 4.90 Å². The lowest BCUT2D eigenvalue weighted by Crippen LogP contribution is -2.61. The number of amides is 3. The first-order valence-electron chi connectivity index (χ1n) is 8.44. The number of para-hydroxylation sites is 1. The van der Waals surface area contributed by atoms with Crippen LogP contribution in [-0.4, -0.2) is 35.2 Å². The largest absolute Gasteiger partial charge is 0.494 e. The number of carbonyl (C=O) groups is 2. The van der Waals surface area contributed by atoms with Gasteiger partial charge in [-0.05, 0) is 35.2 Å². The summed E-state index contributed by atoms with van der Waals surface area (Å²) in [6.45, 7) is 0.197. The summed E-state index contributed by atoms with van der Waals surface area (Å²) in [6, 6.07) is 12.7. The minimum atomic E-state index is -0.483. The van der Waals surface area contributed by atoms with E-state index in [0.717, 1.165) is 0 Å². The molecule has 0 N–H and O–H groups in total. The Kier molecular flexibility index (Phi) is 4.61. The fourth-order valence-corrected chi connectivity index (χ4v) is 4.38. The summed E-state index contributed by atoms with van der Waals surface area (Å²) in [5.74, 6) is -0.564. The highest BCUT2D eigenvalue weighted by Crippen LogP contribution is 2.37. The van der Waals surface area contributed by atoms with Crippen molar-refractivity contribution in [2.45, 2.75) is 17.8 Å². The second-order valence-electron chi connectivity index (χ2n) is 6.26. The number of nitrogens with zero attached hydrogens (tertiary/aromatic N) is 2. The first-order valence-corrected chi connectivity index (χ1v) is 9.38. The number of hydrogen-bond acceptors (Lipinski definition) is 4. The van der Waals surface area contributed by atoms with Crippen LogP contribution in [0.3, 0.4) is 0 Å². The molecule has 1 saturated heterocycles. The topological polar surface area (TPSA) is 49.9 Å². The first-order chi connectivity index (χ1) is 13.1. The van der Waals surface area contributed by atoms with Crippen molar-refractivity contribution in [3.05, 3.63) is 71.4 Å². The van der Waals surface area contributed by atoms with E-state index in [-0.39, 0.29) is 24.2 Å². The minimum absolute atomic E-state index is 0.152. The molecule has 138 valence electrons. The molecule has 4 rings (SSSR count). The van der Waals surface area contributed by atoms with Crippen molar-refractivity contribution in [2.75, 3.05) is 12.0 Å². The minimum Gasteiger partial charge on any atom is -0.494 e. The molecule has 0 aliphatic carbocycles. The monoisotopic (exact) mass is 384 g/mol. The van der Waals surface area contributed by atoms with Gasteiger partial charge in [0.2, 0.25) is 0 Å².